The quantitative estimate of drug-likeness (QED) is 0.911. The third kappa shape index (κ3) is 4.38. The summed E-state index contributed by atoms with van der Waals surface area (Å²) in [6.07, 6.45) is 2.46. The molecule has 0 aliphatic heterocycles. The maximum Gasteiger partial charge on any atom is 0.252 e. The smallest absolute Gasteiger partial charge is 0.252 e. The molecule has 0 atom stereocenters. The lowest BCUT2D eigenvalue weighted by Crippen LogP contribution is -2.25. The Balaban J connectivity index is 2.03. The Hall–Kier alpha value is -2.23. The standard InChI is InChI=1S/C17H19FN2O/c1-12(2)8-9-19-17(21)14-6-7-16(20-11-14)13-4-3-5-15(18)10-13/h3-7,10-12H,8-9H2,1-2H3,(H,19,21). The number of benzene rings is 1. The van der Waals surface area contributed by atoms with Crippen molar-refractivity contribution in [2.45, 2.75) is 20.3 Å². The SMILES string of the molecule is CC(C)CCNC(=O)c1ccc(-c2cccc(F)c2)nc1. The second-order valence-electron chi connectivity index (χ2n) is 5.38. The van der Waals surface area contributed by atoms with Gasteiger partial charge in [0.05, 0.1) is 11.3 Å². The van der Waals surface area contributed by atoms with Crippen LogP contribution in [0, 0.1) is 11.7 Å². The Morgan fingerprint density at radius 3 is 2.71 bits per heavy atom. The summed E-state index contributed by atoms with van der Waals surface area (Å²) in [5.74, 6) is 0.123. The average molecular weight is 286 g/mol. The molecule has 1 aromatic carbocycles. The van der Waals surface area contributed by atoms with Gasteiger partial charge in [-0.3, -0.25) is 9.78 Å². The van der Waals surface area contributed by atoms with Crippen LogP contribution in [0.25, 0.3) is 11.3 Å². The van der Waals surface area contributed by atoms with Crippen LogP contribution in [-0.4, -0.2) is 17.4 Å². The van der Waals surface area contributed by atoms with Gasteiger partial charge in [0, 0.05) is 18.3 Å². The molecule has 0 unspecified atom stereocenters. The van der Waals surface area contributed by atoms with E-state index >= 15 is 0 Å². The Morgan fingerprint density at radius 1 is 1.29 bits per heavy atom. The van der Waals surface area contributed by atoms with E-state index in [1.54, 1.807) is 24.3 Å². The first-order valence-corrected chi connectivity index (χ1v) is 7.06. The first-order valence-electron chi connectivity index (χ1n) is 7.06. The predicted molar refractivity (Wildman–Crippen MR) is 81.4 cm³/mol. The Bertz CT molecular complexity index is 608. The van der Waals surface area contributed by atoms with Gasteiger partial charge in [0.15, 0.2) is 0 Å². The van der Waals surface area contributed by atoms with E-state index in [4.69, 9.17) is 0 Å². The largest absolute Gasteiger partial charge is 0.352 e. The van der Waals surface area contributed by atoms with Gasteiger partial charge in [-0.1, -0.05) is 26.0 Å². The molecule has 4 heteroatoms. The Kier molecular flexibility index (Phi) is 5.04. The lowest BCUT2D eigenvalue weighted by Gasteiger charge is -2.07. The summed E-state index contributed by atoms with van der Waals surface area (Å²) in [7, 11) is 0. The van der Waals surface area contributed by atoms with E-state index in [9.17, 15) is 9.18 Å². The normalized spacial score (nSPS) is 10.7. The van der Waals surface area contributed by atoms with Crippen molar-refractivity contribution in [2.75, 3.05) is 6.54 Å². The maximum atomic E-state index is 13.2. The van der Waals surface area contributed by atoms with E-state index in [0.717, 1.165) is 6.42 Å². The number of hydrogen-bond acceptors (Lipinski definition) is 2. The highest BCUT2D eigenvalue weighted by Gasteiger charge is 2.07. The molecule has 1 heterocycles. The highest BCUT2D eigenvalue weighted by molar-refractivity contribution is 5.94. The van der Waals surface area contributed by atoms with Crippen molar-refractivity contribution >= 4 is 5.91 Å². The molecular formula is C17H19FN2O. The third-order valence-electron chi connectivity index (χ3n) is 3.15. The molecule has 0 bridgehead atoms. The fraction of sp³-hybridized carbons (Fsp3) is 0.294. The number of halogens is 1. The minimum atomic E-state index is -0.301. The number of pyridine rings is 1. The number of rotatable bonds is 5. The zero-order valence-electron chi connectivity index (χ0n) is 12.3. The van der Waals surface area contributed by atoms with E-state index in [-0.39, 0.29) is 11.7 Å². The minimum Gasteiger partial charge on any atom is -0.352 e. The van der Waals surface area contributed by atoms with Crippen LogP contribution in [0.1, 0.15) is 30.6 Å². The lowest BCUT2D eigenvalue weighted by molar-refractivity contribution is 0.0951. The molecule has 0 aliphatic rings. The summed E-state index contributed by atoms with van der Waals surface area (Å²) in [6.45, 7) is 4.88. The molecule has 3 nitrogen and oxygen atoms in total. The van der Waals surface area contributed by atoms with Crippen molar-refractivity contribution in [2.24, 2.45) is 5.92 Å². The van der Waals surface area contributed by atoms with Gasteiger partial charge in [0.25, 0.3) is 5.91 Å². The molecule has 1 N–H and O–H groups in total. The molecule has 0 aliphatic carbocycles. The van der Waals surface area contributed by atoms with E-state index in [0.29, 0.717) is 29.3 Å². The number of carbonyl (C=O) groups excluding carboxylic acids is 1. The fourth-order valence-electron chi connectivity index (χ4n) is 1.92. The number of carbonyl (C=O) groups is 1. The van der Waals surface area contributed by atoms with Crippen LogP contribution >= 0.6 is 0 Å². The molecule has 0 fully saturated rings. The second-order valence-corrected chi connectivity index (χ2v) is 5.38. The third-order valence-corrected chi connectivity index (χ3v) is 3.15. The molecule has 21 heavy (non-hydrogen) atoms. The van der Waals surface area contributed by atoms with Crippen LogP contribution in [0.5, 0.6) is 0 Å². The highest BCUT2D eigenvalue weighted by atomic mass is 19.1. The second kappa shape index (κ2) is 6.97. The maximum absolute atomic E-state index is 13.2. The number of nitrogens with one attached hydrogen (secondary N) is 1. The molecule has 0 saturated carbocycles. The van der Waals surface area contributed by atoms with E-state index in [2.05, 4.69) is 24.1 Å². The molecule has 110 valence electrons. The van der Waals surface area contributed by atoms with Gasteiger partial charge in [-0.05, 0) is 36.6 Å². The zero-order chi connectivity index (χ0) is 15.2. The zero-order valence-corrected chi connectivity index (χ0v) is 12.3. The number of amides is 1. The summed E-state index contributed by atoms with van der Waals surface area (Å²) in [5.41, 5.74) is 1.86. The molecule has 2 rings (SSSR count). The number of hydrogen-bond donors (Lipinski definition) is 1. The summed E-state index contributed by atoms with van der Waals surface area (Å²) in [5, 5.41) is 2.86. The van der Waals surface area contributed by atoms with Crippen molar-refractivity contribution in [3.05, 3.63) is 54.0 Å². The lowest BCUT2D eigenvalue weighted by atomic mass is 10.1. The molecule has 2 aromatic rings. The highest BCUT2D eigenvalue weighted by Crippen LogP contribution is 2.17. The van der Waals surface area contributed by atoms with Gasteiger partial charge in [0.1, 0.15) is 5.82 Å². The summed E-state index contributed by atoms with van der Waals surface area (Å²) in [6, 6.07) is 9.67. The monoisotopic (exact) mass is 286 g/mol. The first kappa shape index (κ1) is 15.2. The van der Waals surface area contributed by atoms with E-state index in [1.165, 1.54) is 18.3 Å². The topological polar surface area (TPSA) is 42.0 Å². The van der Waals surface area contributed by atoms with E-state index in [1.807, 2.05) is 0 Å². The molecule has 1 aromatic heterocycles. The predicted octanol–water partition coefficient (Wildman–Crippen LogP) is 3.66. The van der Waals surface area contributed by atoms with Crippen molar-refractivity contribution in [1.82, 2.24) is 10.3 Å². The molecule has 1 amide bonds. The van der Waals surface area contributed by atoms with Crippen LogP contribution in [0.15, 0.2) is 42.6 Å². The van der Waals surface area contributed by atoms with Gasteiger partial charge in [-0.15, -0.1) is 0 Å². The van der Waals surface area contributed by atoms with Crippen LogP contribution in [0.2, 0.25) is 0 Å². The van der Waals surface area contributed by atoms with Crippen LogP contribution in [0.4, 0.5) is 4.39 Å². The van der Waals surface area contributed by atoms with Crippen molar-refractivity contribution in [3.8, 4) is 11.3 Å². The van der Waals surface area contributed by atoms with Gasteiger partial charge in [-0.25, -0.2) is 4.39 Å². The van der Waals surface area contributed by atoms with Crippen molar-refractivity contribution < 1.29 is 9.18 Å². The van der Waals surface area contributed by atoms with Crippen molar-refractivity contribution in [3.63, 3.8) is 0 Å². The van der Waals surface area contributed by atoms with Crippen LogP contribution in [0.3, 0.4) is 0 Å². The average Bonchev–Trinajstić information content (AvgIpc) is 2.47. The Morgan fingerprint density at radius 2 is 2.10 bits per heavy atom. The number of aromatic nitrogens is 1. The van der Waals surface area contributed by atoms with Gasteiger partial charge in [0.2, 0.25) is 0 Å². The van der Waals surface area contributed by atoms with Gasteiger partial charge >= 0.3 is 0 Å². The van der Waals surface area contributed by atoms with Gasteiger partial charge in [-0.2, -0.15) is 0 Å². The summed E-state index contributed by atoms with van der Waals surface area (Å²) < 4.78 is 13.2. The molecular weight excluding hydrogens is 267 g/mol. The molecule has 0 saturated heterocycles. The molecule has 0 spiro atoms. The molecule has 0 radical (unpaired) electrons. The first-order chi connectivity index (χ1) is 10.1. The van der Waals surface area contributed by atoms with E-state index < -0.39 is 0 Å². The van der Waals surface area contributed by atoms with Crippen molar-refractivity contribution in [1.29, 1.82) is 0 Å². The van der Waals surface area contributed by atoms with Crippen LogP contribution in [-0.2, 0) is 0 Å². The van der Waals surface area contributed by atoms with Gasteiger partial charge < -0.3 is 5.32 Å². The minimum absolute atomic E-state index is 0.131. The number of nitrogens with zero attached hydrogens (tertiary/aromatic N) is 1. The Labute approximate surface area is 124 Å². The summed E-state index contributed by atoms with van der Waals surface area (Å²) >= 11 is 0. The fourth-order valence-corrected chi connectivity index (χ4v) is 1.92. The summed E-state index contributed by atoms with van der Waals surface area (Å²) in [4.78, 5) is 16.1. The van der Waals surface area contributed by atoms with Crippen LogP contribution < -0.4 is 5.32 Å².